The zero-order valence-electron chi connectivity index (χ0n) is 11.3. The molecule has 0 atom stereocenters. The molecule has 0 unspecified atom stereocenters. The Balaban J connectivity index is 1.77. The first-order valence-corrected chi connectivity index (χ1v) is 6.49. The molecule has 0 radical (unpaired) electrons. The van der Waals surface area contributed by atoms with Gasteiger partial charge in [-0.2, -0.15) is 4.98 Å². The molecule has 0 saturated carbocycles. The third-order valence-electron chi connectivity index (χ3n) is 2.62. The summed E-state index contributed by atoms with van der Waals surface area (Å²) in [5.74, 6) is 2.17. The molecule has 102 valence electrons. The molecular weight excluding hydrogens is 242 g/mol. The SMILES string of the molecule is CCNCc1noc(CCOc2cccc(C)c2)n1. The molecule has 0 amide bonds. The molecule has 0 aliphatic rings. The first-order chi connectivity index (χ1) is 9.28. The highest BCUT2D eigenvalue weighted by Gasteiger charge is 2.05. The summed E-state index contributed by atoms with van der Waals surface area (Å²) in [7, 11) is 0. The van der Waals surface area contributed by atoms with Crippen LogP contribution >= 0.6 is 0 Å². The van der Waals surface area contributed by atoms with Gasteiger partial charge < -0.3 is 14.6 Å². The lowest BCUT2D eigenvalue weighted by molar-refractivity contribution is 0.291. The standard InChI is InChI=1S/C14H19N3O2/c1-3-15-10-13-16-14(19-17-13)7-8-18-12-6-4-5-11(2)9-12/h4-6,9,15H,3,7-8,10H2,1-2H3. The summed E-state index contributed by atoms with van der Waals surface area (Å²) in [6.07, 6.45) is 0.618. The van der Waals surface area contributed by atoms with Gasteiger partial charge in [-0.3, -0.25) is 0 Å². The number of nitrogens with one attached hydrogen (secondary N) is 1. The van der Waals surface area contributed by atoms with E-state index in [9.17, 15) is 0 Å². The minimum absolute atomic E-state index is 0.534. The van der Waals surface area contributed by atoms with Gasteiger partial charge in [0.15, 0.2) is 5.82 Å². The van der Waals surface area contributed by atoms with E-state index in [1.165, 1.54) is 5.56 Å². The van der Waals surface area contributed by atoms with E-state index in [1.54, 1.807) is 0 Å². The van der Waals surface area contributed by atoms with Gasteiger partial charge in [0, 0.05) is 0 Å². The lowest BCUT2D eigenvalue weighted by atomic mass is 10.2. The van der Waals surface area contributed by atoms with Crippen LogP contribution in [0, 0.1) is 6.92 Å². The van der Waals surface area contributed by atoms with Gasteiger partial charge in [-0.1, -0.05) is 24.2 Å². The van der Waals surface area contributed by atoms with Crippen molar-refractivity contribution in [3.05, 3.63) is 41.5 Å². The van der Waals surface area contributed by atoms with Crippen LogP contribution in [0.2, 0.25) is 0 Å². The Morgan fingerprint density at radius 2 is 2.26 bits per heavy atom. The van der Waals surface area contributed by atoms with Crippen LogP contribution in [0.25, 0.3) is 0 Å². The highest BCUT2D eigenvalue weighted by molar-refractivity contribution is 5.27. The maximum Gasteiger partial charge on any atom is 0.230 e. The van der Waals surface area contributed by atoms with Crippen molar-refractivity contribution in [1.82, 2.24) is 15.5 Å². The fourth-order valence-corrected chi connectivity index (χ4v) is 1.66. The van der Waals surface area contributed by atoms with Crippen molar-refractivity contribution in [2.75, 3.05) is 13.2 Å². The van der Waals surface area contributed by atoms with Crippen LogP contribution in [0.15, 0.2) is 28.8 Å². The number of nitrogens with zero attached hydrogens (tertiary/aromatic N) is 2. The molecule has 0 bridgehead atoms. The monoisotopic (exact) mass is 261 g/mol. The molecule has 0 fully saturated rings. The zero-order chi connectivity index (χ0) is 13.5. The Bertz CT molecular complexity index is 511. The van der Waals surface area contributed by atoms with Crippen LogP contribution in [0.3, 0.4) is 0 Å². The molecule has 0 saturated heterocycles. The van der Waals surface area contributed by atoms with Crippen LogP contribution < -0.4 is 10.1 Å². The van der Waals surface area contributed by atoms with Crippen LogP contribution in [0.4, 0.5) is 0 Å². The summed E-state index contributed by atoms with van der Waals surface area (Å²) in [5, 5.41) is 7.04. The van der Waals surface area contributed by atoms with E-state index < -0.39 is 0 Å². The summed E-state index contributed by atoms with van der Waals surface area (Å²) < 4.78 is 10.8. The number of hydrogen-bond acceptors (Lipinski definition) is 5. The van der Waals surface area contributed by atoms with Gasteiger partial charge in [-0.05, 0) is 31.2 Å². The van der Waals surface area contributed by atoms with Gasteiger partial charge >= 0.3 is 0 Å². The van der Waals surface area contributed by atoms with Crippen molar-refractivity contribution in [3.63, 3.8) is 0 Å². The minimum Gasteiger partial charge on any atom is -0.493 e. The number of rotatable bonds is 7. The molecule has 5 nitrogen and oxygen atoms in total. The molecule has 1 aromatic heterocycles. The molecular formula is C14H19N3O2. The third-order valence-corrected chi connectivity index (χ3v) is 2.62. The Morgan fingerprint density at radius 1 is 1.37 bits per heavy atom. The van der Waals surface area contributed by atoms with Crippen molar-refractivity contribution in [3.8, 4) is 5.75 Å². The van der Waals surface area contributed by atoms with Crippen molar-refractivity contribution < 1.29 is 9.26 Å². The summed E-state index contributed by atoms with van der Waals surface area (Å²) in [4.78, 5) is 4.28. The second kappa shape index (κ2) is 6.89. The van der Waals surface area contributed by atoms with E-state index >= 15 is 0 Å². The van der Waals surface area contributed by atoms with Gasteiger partial charge in [0.1, 0.15) is 5.75 Å². The number of hydrogen-bond donors (Lipinski definition) is 1. The molecule has 0 spiro atoms. The van der Waals surface area contributed by atoms with Gasteiger partial charge in [0.25, 0.3) is 0 Å². The van der Waals surface area contributed by atoms with Crippen molar-refractivity contribution in [2.45, 2.75) is 26.8 Å². The first kappa shape index (κ1) is 13.5. The molecule has 2 aromatic rings. The van der Waals surface area contributed by atoms with Crippen LogP contribution in [0.5, 0.6) is 5.75 Å². The molecule has 0 aliphatic heterocycles. The average molecular weight is 261 g/mol. The number of aryl methyl sites for hydroxylation is 1. The maximum absolute atomic E-state index is 5.64. The fourth-order valence-electron chi connectivity index (χ4n) is 1.66. The Hall–Kier alpha value is -1.88. The maximum atomic E-state index is 5.64. The van der Waals surface area contributed by atoms with E-state index in [1.807, 2.05) is 38.1 Å². The normalized spacial score (nSPS) is 10.6. The van der Waals surface area contributed by atoms with Gasteiger partial charge in [0.2, 0.25) is 5.89 Å². The summed E-state index contributed by atoms with van der Waals surface area (Å²) in [6.45, 7) is 6.14. The lowest BCUT2D eigenvalue weighted by Crippen LogP contribution is -2.12. The number of ether oxygens (including phenoxy) is 1. The minimum atomic E-state index is 0.534. The Morgan fingerprint density at radius 3 is 3.05 bits per heavy atom. The predicted octanol–water partition coefficient (Wildman–Crippen LogP) is 2.11. The van der Waals surface area contributed by atoms with E-state index in [2.05, 4.69) is 15.5 Å². The van der Waals surface area contributed by atoms with Crippen LogP contribution in [0.1, 0.15) is 24.2 Å². The quantitative estimate of drug-likeness (QED) is 0.827. The van der Waals surface area contributed by atoms with Crippen LogP contribution in [-0.4, -0.2) is 23.3 Å². The highest BCUT2D eigenvalue weighted by Crippen LogP contribution is 2.12. The lowest BCUT2D eigenvalue weighted by Gasteiger charge is -2.04. The van der Waals surface area contributed by atoms with Crippen molar-refractivity contribution in [2.24, 2.45) is 0 Å². The molecule has 0 aliphatic carbocycles. The van der Waals surface area contributed by atoms with Crippen molar-refractivity contribution in [1.29, 1.82) is 0 Å². The Labute approximate surface area is 113 Å². The topological polar surface area (TPSA) is 60.2 Å². The molecule has 19 heavy (non-hydrogen) atoms. The molecule has 1 heterocycles. The first-order valence-electron chi connectivity index (χ1n) is 6.49. The predicted molar refractivity (Wildman–Crippen MR) is 72.1 cm³/mol. The zero-order valence-corrected chi connectivity index (χ0v) is 11.3. The van der Waals surface area contributed by atoms with Gasteiger partial charge in [0.05, 0.1) is 19.6 Å². The molecule has 1 aromatic carbocycles. The van der Waals surface area contributed by atoms with E-state index in [0.29, 0.717) is 31.3 Å². The van der Waals surface area contributed by atoms with E-state index in [0.717, 1.165) is 12.3 Å². The second-order valence-electron chi connectivity index (χ2n) is 4.30. The Kier molecular flexibility index (Phi) is 4.92. The summed E-state index contributed by atoms with van der Waals surface area (Å²) in [5.41, 5.74) is 1.18. The second-order valence-corrected chi connectivity index (χ2v) is 4.30. The highest BCUT2D eigenvalue weighted by atomic mass is 16.5. The molecule has 2 rings (SSSR count). The van der Waals surface area contributed by atoms with Crippen LogP contribution in [-0.2, 0) is 13.0 Å². The number of benzene rings is 1. The van der Waals surface area contributed by atoms with E-state index in [-0.39, 0.29) is 0 Å². The summed E-state index contributed by atoms with van der Waals surface area (Å²) >= 11 is 0. The average Bonchev–Trinajstić information content (AvgIpc) is 2.84. The summed E-state index contributed by atoms with van der Waals surface area (Å²) in [6, 6.07) is 7.96. The van der Waals surface area contributed by atoms with Crippen molar-refractivity contribution >= 4 is 0 Å². The molecule has 5 heteroatoms. The van der Waals surface area contributed by atoms with E-state index in [4.69, 9.17) is 9.26 Å². The fraction of sp³-hybridized carbons (Fsp3) is 0.429. The third kappa shape index (κ3) is 4.37. The van der Waals surface area contributed by atoms with Gasteiger partial charge in [-0.25, -0.2) is 0 Å². The largest absolute Gasteiger partial charge is 0.493 e. The number of aromatic nitrogens is 2. The molecule has 1 N–H and O–H groups in total. The van der Waals surface area contributed by atoms with Gasteiger partial charge in [-0.15, -0.1) is 0 Å². The smallest absolute Gasteiger partial charge is 0.230 e.